The lowest BCUT2D eigenvalue weighted by molar-refractivity contribution is 0.148. The maximum absolute atomic E-state index is 12.2. The van der Waals surface area contributed by atoms with Gasteiger partial charge in [0.25, 0.3) is 0 Å². The van der Waals surface area contributed by atoms with Crippen molar-refractivity contribution in [2.24, 2.45) is 5.92 Å². The molecule has 8 nitrogen and oxygen atoms in total. The summed E-state index contributed by atoms with van der Waals surface area (Å²) in [7, 11) is 0. The number of ether oxygens (including phenoxy) is 2. The summed E-state index contributed by atoms with van der Waals surface area (Å²) in [6.07, 6.45) is 9.38. The van der Waals surface area contributed by atoms with Crippen LogP contribution in [-0.2, 0) is 4.74 Å². The minimum atomic E-state index is -0.367. The molecule has 2 aromatic rings. The number of rotatable bonds is 7. The normalized spacial score (nSPS) is 20.6. The standard InChI is InChI=1S/C23H31N5O3/c1-15(2)19-14-30-23(29)28(19)20-11-12-24-22(27-20)26-16(3)17-9-10-21(25-13-17)31-18-7-5-4-6-8-18/h9-13,15-16,18-19H,4-8,14H2,1-3H3,(H,24,26,27)/t16?,19-/m1/s1. The van der Waals surface area contributed by atoms with E-state index in [1.54, 1.807) is 17.2 Å². The number of nitrogens with zero attached hydrogens (tertiary/aromatic N) is 4. The van der Waals surface area contributed by atoms with Crippen molar-refractivity contribution >= 4 is 17.9 Å². The molecular formula is C23H31N5O3. The van der Waals surface area contributed by atoms with Crippen molar-refractivity contribution in [3.63, 3.8) is 0 Å². The summed E-state index contributed by atoms with van der Waals surface area (Å²) in [4.78, 5) is 27.2. The van der Waals surface area contributed by atoms with Crippen LogP contribution in [0, 0.1) is 5.92 Å². The number of aromatic nitrogens is 3. The Morgan fingerprint density at radius 1 is 1.13 bits per heavy atom. The van der Waals surface area contributed by atoms with Crippen molar-refractivity contribution in [2.45, 2.75) is 71.1 Å². The van der Waals surface area contributed by atoms with Crippen molar-refractivity contribution in [2.75, 3.05) is 16.8 Å². The Balaban J connectivity index is 1.41. The van der Waals surface area contributed by atoms with Crippen LogP contribution in [0.15, 0.2) is 30.6 Å². The summed E-state index contributed by atoms with van der Waals surface area (Å²) < 4.78 is 11.3. The van der Waals surface area contributed by atoms with Gasteiger partial charge in [-0.2, -0.15) is 4.98 Å². The van der Waals surface area contributed by atoms with Gasteiger partial charge in [0.05, 0.1) is 12.1 Å². The van der Waals surface area contributed by atoms with E-state index in [1.807, 2.05) is 25.3 Å². The number of amides is 1. The molecule has 1 saturated heterocycles. The van der Waals surface area contributed by atoms with E-state index >= 15 is 0 Å². The molecule has 1 amide bonds. The summed E-state index contributed by atoms with van der Waals surface area (Å²) in [6.45, 7) is 6.53. The van der Waals surface area contributed by atoms with Crippen molar-refractivity contribution in [1.29, 1.82) is 0 Å². The summed E-state index contributed by atoms with van der Waals surface area (Å²) in [5.41, 5.74) is 1.01. The summed E-state index contributed by atoms with van der Waals surface area (Å²) in [5, 5.41) is 3.30. The SMILES string of the molecule is CC(Nc1nccc(N2C(=O)OC[C@@H]2C(C)C)n1)c1ccc(OC2CCCCC2)nc1. The highest BCUT2D eigenvalue weighted by atomic mass is 16.6. The first kappa shape index (κ1) is 21.3. The Morgan fingerprint density at radius 3 is 2.65 bits per heavy atom. The fourth-order valence-corrected chi connectivity index (χ4v) is 4.09. The molecule has 0 aromatic carbocycles. The lowest BCUT2D eigenvalue weighted by Gasteiger charge is -2.24. The first-order chi connectivity index (χ1) is 15.0. The van der Waals surface area contributed by atoms with E-state index in [-0.39, 0.29) is 30.2 Å². The van der Waals surface area contributed by atoms with Crippen LogP contribution in [0.25, 0.3) is 0 Å². The van der Waals surface area contributed by atoms with Gasteiger partial charge in [-0.1, -0.05) is 26.3 Å². The minimum absolute atomic E-state index is 0.0337. The van der Waals surface area contributed by atoms with Crippen LogP contribution in [0.4, 0.5) is 16.6 Å². The molecule has 0 spiro atoms. The van der Waals surface area contributed by atoms with Gasteiger partial charge >= 0.3 is 6.09 Å². The largest absolute Gasteiger partial charge is 0.474 e. The number of pyridine rings is 1. The Bertz CT molecular complexity index is 883. The van der Waals surface area contributed by atoms with E-state index in [0.29, 0.717) is 24.3 Å². The predicted octanol–water partition coefficient (Wildman–Crippen LogP) is 4.74. The first-order valence-electron chi connectivity index (χ1n) is 11.2. The number of carbonyl (C=O) groups is 1. The molecule has 2 aliphatic rings. The summed E-state index contributed by atoms with van der Waals surface area (Å²) >= 11 is 0. The number of anilines is 2. The van der Waals surface area contributed by atoms with Crippen molar-refractivity contribution in [3.05, 3.63) is 36.2 Å². The number of cyclic esters (lactones) is 1. The third-order valence-electron chi connectivity index (χ3n) is 6.01. The molecule has 1 aliphatic carbocycles. The molecule has 3 heterocycles. The van der Waals surface area contributed by atoms with Gasteiger partial charge in [-0.15, -0.1) is 0 Å². The predicted molar refractivity (Wildman–Crippen MR) is 118 cm³/mol. The van der Waals surface area contributed by atoms with E-state index in [9.17, 15) is 4.79 Å². The molecule has 2 fully saturated rings. The highest BCUT2D eigenvalue weighted by Crippen LogP contribution is 2.27. The van der Waals surface area contributed by atoms with Gasteiger partial charge in [-0.05, 0) is 50.2 Å². The van der Waals surface area contributed by atoms with Gasteiger partial charge in [0, 0.05) is 18.5 Å². The monoisotopic (exact) mass is 425 g/mol. The maximum atomic E-state index is 12.2. The van der Waals surface area contributed by atoms with E-state index < -0.39 is 0 Å². The summed E-state index contributed by atoms with van der Waals surface area (Å²) in [6, 6.07) is 5.58. The van der Waals surface area contributed by atoms with E-state index in [2.05, 4.69) is 34.1 Å². The first-order valence-corrected chi connectivity index (χ1v) is 11.2. The summed E-state index contributed by atoms with van der Waals surface area (Å²) in [5.74, 6) is 1.93. The van der Waals surface area contributed by atoms with Crippen LogP contribution < -0.4 is 15.0 Å². The molecule has 166 valence electrons. The zero-order chi connectivity index (χ0) is 21.8. The lowest BCUT2D eigenvalue weighted by atomic mass is 9.98. The topological polar surface area (TPSA) is 89.5 Å². The third kappa shape index (κ3) is 5.06. The Morgan fingerprint density at radius 2 is 1.94 bits per heavy atom. The van der Waals surface area contributed by atoms with Crippen LogP contribution in [0.1, 0.15) is 64.5 Å². The molecule has 1 aliphatic heterocycles. The fraction of sp³-hybridized carbons (Fsp3) is 0.565. The van der Waals surface area contributed by atoms with Gasteiger partial charge in [0.15, 0.2) is 0 Å². The van der Waals surface area contributed by atoms with Crippen LogP contribution in [0.3, 0.4) is 0 Å². The maximum Gasteiger partial charge on any atom is 0.415 e. The van der Waals surface area contributed by atoms with E-state index in [4.69, 9.17) is 9.47 Å². The van der Waals surface area contributed by atoms with Crippen LogP contribution in [-0.4, -0.2) is 39.8 Å². The third-order valence-corrected chi connectivity index (χ3v) is 6.01. The second kappa shape index (κ2) is 9.49. The van der Waals surface area contributed by atoms with E-state index in [0.717, 1.165) is 18.4 Å². The van der Waals surface area contributed by atoms with Crippen molar-refractivity contribution < 1.29 is 14.3 Å². The average molecular weight is 426 g/mol. The van der Waals surface area contributed by atoms with Gasteiger partial charge in [0.1, 0.15) is 18.5 Å². The average Bonchev–Trinajstić information content (AvgIpc) is 3.17. The Labute approximate surface area is 183 Å². The lowest BCUT2D eigenvalue weighted by Crippen LogP contribution is -2.37. The van der Waals surface area contributed by atoms with Crippen LogP contribution >= 0.6 is 0 Å². The number of hydrogen-bond acceptors (Lipinski definition) is 7. The van der Waals surface area contributed by atoms with Crippen molar-refractivity contribution in [1.82, 2.24) is 15.0 Å². The van der Waals surface area contributed by atoms with Gasteiger partial charge in [-0.25, -0.2) is 14.8 Å². The second-order valence-corrected chi connectivity index (χ2v) is 8.67. The van der Waals surface area contributed by atoms with Crippen molar-refractivity contribution in [3.8, 4) is 5.88 Å². The minimum Gasteiger partial charge on any atom is -0.474 e. The fourth-order valence-electron chi connectivity index (χ4n) is 4.09. The number of nitrogens with one attached hydrogen (secondary N) is 1. The highest BCUT2D eigenvalue weighted by Gasteiger charge is 2.37. The van der Waals surface area contributed by atoms with Crippen LogP contribution in [0.2, 0.25) is 0 Å². The molecule has 1 saturated carbocycles. The number of hydrogen-bond donors (Lipinski definition) is 1. The molecular weight excluding hydrogens is 394 g/mol. The highest BCUT2D eigenvalue weighted by molar-refractivity contribution is 5.89. The molecule has 1 unspecified atom stereocenters. The molecule has 31 heavy (non-hydrogen) atoms. The smallest absolute Gasteiger partial charge is 0.415 e. The Kier molecular flexibility index (Phi) is 6.53. The molecule has 1 N–H and O–H groups in total. The molecule has 0 bridgehead atoms. The zero-order valence-electron chi connectivity index (χ0n) is 18.5. The molecule has 4 rings (SSSR count). The molecule has 0 radical (unpaired) electrons. The van der Waals surface area contributed by atoms with Gasteiger partial charge in [-0.3, -0.25) is 4.90 Å². The van der Waals surface area contributed by atoms with E-state index in [1.165, 1.54) is 19.3 Å². The zero-order valence-corrected chi connectivity index (χ0v) is 18.5. The van der Waals surface area contributed by atoms with Gasteiger partial charge < -0.3 is 14.8 Å². The quantitative estimate of drug-likeness (QED) is 0.685. The molecule has 2 atom stereocenters. The number of carbonyl (C=O) groups excluding carboxylic acids is 1. The second-order valence-electron chi connectivity index (χ2n) is 8.67. The van der Waals surface area contributed by atoms with Gasteiger partial charge in [0.2, 0.25) is 11.8 Å². The Hall–Kier alpha value is -2.90. The molecule has 2 aromatic heterocycles. The molecule has 8 heteroatoms. The van der Waals surface area contributed by atoms with Crippen LogP contribution in [0.5, 0.6) is 5.88 Å².